The Bertz CT molecular complexity index is 1060. The molecular formula is C30H36BBr3O2. The third-order valence-corrected chi connectivity index (χ3v) is 8.05. The van der Waals surface area contributed by atoms with Crippen LogP contribution in [0.1, 0.15) is 71.9 Å². The Morgan fingerprint density at radius 3 is 1.44 bits per heavy atom. The van der Waals surface area contributed by atoms with Gasteiger partial charge in [0, 0.05) is 32.7 Å². The van der Waals surface area contributed by atoms with Gasteiger partial charge in [-0.25, -0.2) is 0 Å². The van der Waals surface area contributed by atoms with Crippen molar-refractivity contribution in [2.75, 3.05) is 0 Å². The highest BCUT2D eigenvalue weighted by atomic mass is 80.9. The van der Waals surface area contributed by atoms with Crippen LogP contribution in [0.2, 0.25) is 0 Å². The predicted molar refractivity (Wildman–Crippen MR) is 165 cm³/mol. The van der Waals surface area contributed by atoms with Gasteiger partial charge in [-0.2, -0.15) is 0 Å². The van der Waals surface area contributed by atoms with E-state index in [2.05, 4.69) is 92.7 Å². The van der Waals surface area contributed by atoms with Crippen LogP contribution < -0.4 is 5.46 Å². The molecule has 6 heteroatoms. The zero-order chi connectivity index (χ0) is 25.8. The molecule has 0 atom stereocenters. The van der Waals surface area contributed by atoms with Crippen molar-refractivity contribution in [3.05, 3.63) is 98.5 Å². The van der Waals surface area contributed by atoms with E-state index in [-0.39, 0.29) is 0 Å². The standard InChI is InChI=1S/C10H13BO2.C10H11Br.C10H12.Br2/c12-11(13)10-7-3-5-8-4-1-2-6-9(8)10;11-10-7-3-5-8-4-1-2-6-9(8)10;1-2-6-10-8-4-3-7-9(10)5-1;1-2/h3,5,7,12-13H,1-2,4,6H2;3,5,7H,1-2,4,6H2;1-2,5-6H,3-4,7-8H2;. The van der Waals surface area contributed by atoms with E-state index < -0.39 is 7.12 Å². The van der Waals surface area contributed by atoms with Gasteiger partial charge >= 0.3 is 7.12 Å². The molecule has 6 rings (SSSR count). The maximum atomic E-state index is 9.14. The molecule has 0 bridgehead atoms. The molecule has 192 valence electrons. The number of hydrogen-bond acceptors (Lipinski definition) is 2. The summed E-state index contributed by atoms with van der Waals surface area (Å²) >= 11 is 9.08. The summed E-state index contributed by atoms with van der Waals surface area (Å²) in [6.07, 6.45) is 15.1. The van der Waals surface area contributed by atoms with Gasteiger partial charge < -0.3 is 10.0 Å². The highest BCUT2D eigenvalue weighted by Gasteiger charge is 2.19. The predicted octanol–water partition coefficient (Wildman–Crippen LogP) is 7.83. The number of aryl methyl sites for hydroxylation is 4. The van der Waals surface area contributed by atoms with Crippen LogP contribution in [0, 0.1) is 0 Å². The van der Waals surface area contributed by atoms with Gasteiger partial charge in [-0.3, -0.25) is 0 Å². The van der Waals surface area contributed by atoms with Crippen LogP contribution in [0.3, 0.4) is 0 Å². The summed E-state index contributed by atoms with van der Waals surface area (Å²) < 4.78 is 1.30. The zero-order valence-electron chi connectivity index (χ0n) is 20.9. The summed E-state index contributed by atoms with van der Waals surface area (Å²) in [6.45, 7) is 0. The molecular weight excluding hydrogens is 643 g/mol. The quantitative estimate of drug-likeness (QED) is 0.258. The second-order valence-corrected chi connectivity index (χ2v) is 10.5. The molecule has 0 saturated heterocycles. The van der Waals surface area contributed by atoms with Crippen molar-refractivity contribution < 1.29 is 10.0 Å². The lowest BCUT2D eigenvalue weighted by Crippen LogP contribution is -2.34. The first-order chi connectivity index (χ1) is 17.6. The van der Waals surface area contributed by atoms with Crippen molar-refractivity contribution in [3.63, 3.8) is 0 Å². The number of hydrogen-bond donors (Lipinski definition) is 2. The Morgan fingerprint density at radius 2 is 0.917 bits per heavy atom. The fourth-order valence-electron chi connectivity index (χ4n) is 5.46. The summed E-state index contributed by atoms with van der Waals surface area (Å²) in [5.74, 6) is 0. The van der Waals surface area contributed by atoms with Gasteiger partial charge in [0.25, 0.3) is 0 Å². The van der Waals surface area contributed by atoms with Crippen LogP contribution >= 0.6 is 44.2 Å². The van der Waals surface area contributed by atoms with Gasteiger partial charge in [-0.1, -0.05) is 70.5 Å². The molecule has 0 saturated carbocycles. The molecule has 36 heavy (non-hydrogen) atoms. The fraction of sp³-hybridized carbons (Fsp3) is 0.400. The summed E-state index contributed by atoms with van der Waals surface area (Å²) in [7, 11) is -1.31. The van der Waals surface area contributed by atoms with E-state index in [1.54, 1.807) is 28.3 Å². The monoisotopic (exact) mass is 676 g/mol. The topological polar surface area (TPSA) is 40.5 Å². The third kappa shape index (κ3) is 8.56. The van der Waals surface area contributed by atoms with Crippen molar-refractivity contribution in [2.24, 2.45) is 0 Å². The van der Waals surface area contributed by atoms with E-state index in [1.807, 2.05) is 6.07 Å². The highest BCUT2D eigenvalue weighted by Crippen LogP contribution is 2.27. The maximum absolute atomic E-state index is 9.14. The van der Waals surface area contributed by atoms with Crippen molar-refractivity contribution in [1.29, 1.82) is 0 Å². The van der Waals surface area contributed by atoms with Gasteiger partial charge in [0.15, 0.2) is 0 Å². The Labute approximate surface area is 241 Å². The van der Waals surface area contributed by atoms with Gasteiger partial charge in [-0.05, 0) is 122 Å². The lowest BCUT2D eigenvalue weighted by molar-refractivity contribution is 0.425. The Hall–Kier alpha value is -0.915. The van der Waals surface area contributed by atoms with Crippen molar-refractivity contribution in [1.82, 2.24) is 0 Å². The molecule has 0 aliphatic heterocycles. The van der Waals surface area contributed by atoms with Crippen LogP contribution in [0.4, 0.5) is 0 Å². The van der Waals surface area contributed by atoms with Crippen molar-refractivity contribution in [2.45, 2.75) is 77.0 Å². The lowest BCUT2D eigenvalue weighted by atomic mass is 9.72. The number of halogens is 3. The molecule has 0 spiro atoms. The molecule has 3 aliphatic rings. The van der Waals surface area contributed by atoms with E-state index in [4.69, 9.17) is 10.0 Å². The number of rotatable bonds is 1. The van der Waals surface area contributed by atoms with E-state index in [0.717, 1.165) is 24.8 Å². The first kappa shape index (κ1) is 29.6. The maximum Gasteiger partial charge on any atom is 0.488 e. The summed E-state index contributed by atoms with van der Waals surface area (Å²) in [4.78, 5) is 0. The molecule has 0 heterocycles. The Kier molecular flexibility index (Phi) is 13.3. The van der Waals surface area contributed by atoms with Crippen LogP contribution in [0.25, 0.3) is 0 Å². The van der Waals surface area contributed by atoms with Crippen molar-refractivity contribution >= 4 is 56.8 Å². The highest BCUT2D eigenvalue weighted by molar-refractivity contribution is 9.93. The Morgan fingerprint density at radius 1 is 0.500 bits per heavy atom. The van der Waals surface area contributed by atoms with Crippen LogP contribution in [0.5, 0.6) is 0 Å². The Balaban J connectivity index is 0.000000146. The van der Waals surface area contributed by atoms with Crippen LogP contribution in [0.15, 0.2) is 65.1 Å². The minimum absolute atomic E-state index is 0.692. The minimum Gasteiger partial charge on any atom is -0.423 e. The normalized spacial score (nSPS) is 15.1. The van der Waals surface area contributed by atoms with Gasteiger partial charge in [0.2, 0.25) is 0 Å². The first-order valence-electron chi connectivity index (χ1n) is 13.1. The zero-order valence-corrected chi connectivity index (χ0v) is 25.6. The van der Waals surface area contributed by atoms with Crippen LogP contribution in [-0.4, -0.2) is 17.2 Å². The minimum atomic E-state index is -1.31. The molecule has 3 aromatic rings. The average molecular weight is 679 g/mol. The van der Waals surface area contributed by atoms with E-state index in [1.165, 1.54) is 67.8 Å². The molecule has 0 fully saturated rings. The summed E-state index contributed by atoms with van der Waals surface area (Å²) in [5, 5.41) is 18.3. The molecule has 3 aromatic carbocycles. The molecule has 3 aliphatic carbocycles. The van der Waals surface area contributed by atoms with E-state index >= 15 is 0 Å². The van der Waals surface area contributed by atoms with Gasteiger partial charge in [0.1, 0.15) is 0 Å². The molecule has 2 nitrogen and oxygen atoms in total. The van der Waals surface area contributed by atoms with E-state index in [0.29, 0.717) is 5.46 Å². The van der Waals surface area contributed by atoms with Crippen LogP contribution in [-0.2, 0) is 38.5 Å². The first-order valence-corrected chi connectivity index (χ1v) is 17.6. The molecule has 2 N–H and O–H groups in total. The number of benzene rings is 3. The van der Waals surface area contributed by atoms with Gasteiger partial charge in [-0.15, -0.1) is 0 Å². The second kappa shape index (κ2) is 16.1. The fourth-order valence-corrected chi connectivity index (χ4v) is 6.07. The number of fused-ring (bicyclic) bond motifs is 3. The SMILES string of the molecule is BrBr.Brc1cccc2c1CCCC2.OB(O)c1cccc2c1CCCC2.c1ccc2c(c1)CCCC2. The molecule has 0 amide bonds. The third-order valence-electron chi connectivity index (χ3n) is 7.31. The smallest absolute Gasteiger partial charge is 0.423 e. The molecule has 0 radical (unpaired) electrons. The van der Waals surface area contributed by atoms with Crippen molar-refractivity contribution in [3.8, 4) is 0 Å². The lowest BCUT2D eigenvalue weighted by Gasteiger charge is -2.18. The summed E-state index contributed by atoms with van der Waals surface area (Å²) in [5.41, 5.74) is 9.38. The summed E-state index contributed by atoms with van der Waals surface area (Å²) in [6, 6.07) is 21.1. The average Bonchev–Trinajstić information content (AvgIpc) is 2.95. The largest absolute Gasteiger partial charge is 0.488 e. The second-order valence-electron chi connectivity index (χ2n) is 9.63. The van der Waals surface area contributed by atoms with E-state index in [9.17, 15) is 0 Å². The molecule has 0 unspecified atom stereocenters. The van der Waals surface area contributed by atoms with Gasteiger partial charge in [0.05, 0.1) is 0 Å². The molecule has 0 aromatic heterocycles.